The average Bonchev–Trinajstić information content (AvgIpc) is 3.06. The van der Waals surface area contributed by atoms with Gasteiger partial charge in [-0.25, -0.2) is 0 Å². The second-order valence-electron chi connectivity index (χ2n) is 5.53. The van der Waals surface area contributed by atoms with Crippen LogP contribution in [0.5, 0.6) is 0 Å². The molecule has 0 aromatic rings. The molecule has 1 aliphatic rings. The molecule has 1 fully saturated rings. The Morgan fingerprint density at radius 2 is 2.00 bits per heavy atom. The second-order valence-corrected chi connectivity index (χ2v) is 5.53. The number of nitrogens with one attached hydrogen (secondary N) is 1. The number of rotatable bonds is 9. The van der Waals surface area contributed by atoms with E-state index in [-0.39, 0.29) is 0 Å². The molecule has 0 heterocycles. The van der Waals surface area contributed by atoms with E-state index in [1.807, 2.05) is 14.1 Å². The topological polar surface area (TPSA) is 55.8 Å². The fraction of sp³-hybridized carbons (Fsp3) is 0.923. The Hall–Kier alpha value is -0.650. The molecule has 1 aliphatic carbocycles. The van der Waals surface area contributed by atoms with E-state index in [1.54, 1.807) is 0 Å². The maximum Gasteiger partial charge on any atom is 0.322 e. The van der Waals surface area contributed by atoms with E-state index >= 15 is 0 Å². The Bertz CT molecular complexity index is 267. The van der Waals surface area contributed by atoms with Gasteiger partial charge in [0.1, 0.15) is 6.04 Å². The molecule has 0 aromatic carbocycles. The number of aliphatic carboxylic acids is 1. The Morgan fingerprint density at radius 1 is 1.39 bits per heavy atom. The first-order chi connectivity index (χ1) is 8.43. The number of carboxylic acids is 1. The molecule has 2 N–H and O–H groups in total. The van der Waals surface area contributed by atoms with E-state index < -0.39 is 12.0 Å². The SMILES string of the molecule is CCN(CC(NC1CC1)C(=O)O)C(C)CN(C)C. The van der Waals surface area contributed by atoms with Crippen LogP contribution in [0.1, 0.15) is 26.7 Å². The zero-order chi connectivity index (χ0) is 13.7. The van der Waals surface area contributed by atoms with Crippen LogP contribution in [0.2, 0.25) is 0 Å². The molecule has 2 unspecified atom stereocenters. The summed E-state index contributed by atoms with van der Waals surface area (Å²) >= 11 is 0. The molecule has 5 heteroatoms. The van der Waals surface area contributed by atoms with Gasteiger partial charge < -0.3 is 15.3 Å². The molecule has 0 spiro atoms. The predicted molar refractivity (Wildman–Crippen MR) is 72.8 cm³/mol. The monoisotopic (exact) mass is 257 g/mol. The standard InChI is InChI=1S/C13H27N3O2/c1-5-16(10(2)8-15(3)4)9-12(13(17)18)14-11-6-7-11/h10-12,14H,5-9H2,1-4H3,(H,17,18). The van der Waals surface area contributed by atoms with E-state index in [0.717, 1.165) is 25.9 Å². The molecule has 0 aromatic heterocycles. The van der Waals surface area contributed by atoms with Gasteiger partial charge in [0.15, 0.2) is 0 Å². The molecule has 106 valence electrons. The van der Waals surface area contributed by atoms with Crippen molar-refractivity contribution in [3.05, 3.63) is 0 Å². The van der Waals surface area contributed by atoms with Crippen molar-refractivity contribution < 1.29 is 9.90 Å². The Kier molecular flexibility index (Phi) is 6.05. The van der Waals surface area contributed by atoms with E-state index in [0.29, 0.717) is 18.6 Å². The van der Waals surface area contributed by atoms with Crippen LogP contribution in [-0.4, -0.2) is 72.7 Å². The molecule has 0 saturated heterocycles. The minimum Gasteiger partial charge on any atom is -0.480 e. The highest BCUT2D eigenvalue weighted by atomic mass is 16.4. The van der Waals surface area contributed by atoms with Crippen molar-refractivity contribution in [1.29, 1.82) is 0 Å². The van der Waals surface area contributed by atoms with Crippen LogP contribution in [-0.2, 0) is 4.79 Å². The summed E-state index contributed by atoms with van der Waals surface area (Å²) in [6, 6.07) is 0.351. The molecule has 1 rings (SSSR count). The highest BCUT2D eigenvalue weighted by molar-refractivity contribution is 5.73. The minimum absolute atomic E-state index is 0.368. The van der Waals surface area contributed by atoms with Crippen LogP contribution in [0.3, 0.4) is 0 Å². The van der Waals surface area contributed by atoms with Crippen LogP contribution in [0.4, 0.5) is 0 Å². The van der Waals surface area contributed by atoms with E-state index in [2.05, 4.69) is 29.0 Å². The summed E-state index contributed by atoms with van der Waals surface area (Å²) in [6.45, 7) is 6.65. The summed E-state index contributed by atoms with van der Waals surface area (Å²) in [5.74, 6) is -0.739. The summed E-state index contributed by atoms with van der Waals surface area (Å²) in [7, 11) is 4.09. The van der Waals surface area contributed by atoms with Crippen molar-refractivity contribution in [3.8, 4) is 0 Å². The van der Waals surface area contributed by atoms with Crippen LogP contribution in [0.15, 0.2) is 0 Å². The first kappa shape index (κ1) is 15.4. The molecule has 5 nitrogen and oxygen atoms in total. The predicted octanol–water partition coefficient (Wildman–Crippen LogP) is 0.464. The normalized spacial score (nSPS) is 19.2. The number of nitrogens with zero attached hydrogens (tertiary/aromatic N) is 2. The van der Waals surface area contributed by atoms with Gasteiger partial charge in [-0.1, -0.05) is 6.92 Å². The highest BCUT2D eigenvalue weighted by Crippen LogP contribution is 2.19. The van der Waals surface area contributed by atoms with Crippen molar-refractivity contribution in [2.24, 2.45) is 0 Å². The van der Waals surface area contributed by atoms with Crippen LogP contribution in [0, 0.1) is 0 Å². The van der Waals surface area contributed by atoms with Gasteiger partial charge in [0.2, 0.25) is 0 Å². The van der Waals surface area contributed by atoms with E-state index in [1.165, 1.54) is 0 Å². The third kappa shape index (κ3) is 5.33. The van der Waals surface area contributed by atoms with Gasteiger partial charge in [-0.2, -0.15) is 0 Å². The van der Waals surface area contributed by atoms with Gasteiger partial charge >= 0.3 is 5.97 Å². The zero-order valence-electron chi connectivity index (χ0n) is 12.0. The van der Waals surface area contributed by atoms with Crippen molar-refractivity contribution >= 4 is 5.97 Å². The maximum absolute atomic E-state index is 11.3. The van der Waals surface area contributed by atoms with Gasteiger partial charge in [0.25, 0.3) is 0 Å². The largest absolute Gasteiger partial charge is 0.480 e. The van der Waals surface area contributed by atoms with Gasteiger partial charge in [-0.3, -0.25) is 9.69 Å². The van der Waals surface area contributed by atoms with Crippen LogP contribution < -0.4 is 5.32 Å². The molecular weight excluding hydrogens is 230 g/mol. The van der Waals surface area contributed by atoms with Crippen molar-refractivity contribution in [1.82, 2.24) is 15.1 Å². The van der Waals surface area contributed by atoms with Gasteiger partial charge in [0, 0.05) is 25.2 Å². The Morgan fingerprint density at radius 3 is 2.39 bits per heavy atom. The highest BCUT2D eigenvalue weighted by Gasteiger charge is 2.30. The van der Waals surface area contributed by atoms with Crippen LogP contribution in [0.25, 0.3) is 0 Å². The number of likely N-dealkylation sites (N-methyl/N-ethyl adjacent to an activating group) is 2. The van der Waals surface area contributed by atoms with Gasteiger partial charge in [-0.05, 0) is 40.4 Å². The number of hydrogen-bond acceptors (Lipinski definition) is 4. The molecule has 0 aliphatic heterocycles. The third-order valence-electron chi connectivity index (χ3n) is 3.39. The van der Waals surface area contributed by atoms with Crippen molar-refractivity contribution in [2.75, 3.05) is 33.7 Å². The maximum atomic E-state index is 11.3. The quantitative estimate of drug-likeness (QED) is 0.628. The molecule has 1 saturated carbocycles. The Labute approximate surface area is 110 Å². The summed E-state index contributed by atoms with van der Waals surface area (Å²) < 4.78 is 0. The molecule has 0 amide bonds. The number of carboxylic acid groups (broad SMARTS) is 1. The summed E-state index contributed by atoms with van der Waals surface area (Å²) in [5.41, 5.74) is 0. The smallest absolute Gasteiger partial charge is 0.322 e. The van der Waals surface area contributed by atoms with E-state index in [4.69, 9.17) is 0 Å². The summed E-state index contributed by atoms with van der Waals surface area (Å²) in [4.78, 5) is 15.6. The molecule has 2 atom stereocenters. The second kappa shape index (κ2) is 7.07. The molecule has 0 radical (unpaired) electrons. The average molecular weight is 257 g/mol. The van der Waals surface area contributed by atoms with Gasteiger partial charge in [-0.15, -0.1) is 0 Å². The number of hydrogen-bond donors (Lipinski definition) is 2. The molecule has 18 heavy (non-hydrogen) atoms. The third-order valence-corrected chi connectivity index (χ3v) is 3.39. The first-order valence-corrected chi connectivity index (χ1v) is 6.81. The van der Waals surface area contributed by atoms with Crippen molar-refractivity contribution in [3.63, 3.8) is 0 Å². The minimum atomic E-state index is -0.739. The lowest BCUT2D eigenvalue weighted by atomic mass is 10.2. The lowest BCUT2D eigenvalue weighted by molar-refractivity contribution is -0.140. The van der Waals surface area contributed by atoms with Gasteiger partial charge in [0.05, 0.1) is 0 Å². The lowest BCUT2D eigenvalue weighted by Crippen LogP contribution is -2.51. The van der Waals surface area contributed by atoms with Crippen molar-refractivity contribution in [2.45, 2.75) is 44.8 Å². The Balaban J connectivity index is 2.49. The molecule has 0 bridgehead atoms. The summed E-state index contributed by atoms with van der Waals surface area (Å²) in [5, 5.41) is 12.5. The lowest BCUT2D eigenvalue weighted by Gasteiger charge is -2.32. The zero-order valence-corrected chi connectivity index (χ0v) is 12.0. The fourth-order valence-corrected chi connectivity index (χ4v) is 2.24. The summed E-state index contributed by atoms with van der Waals surface area (Å²) in [6.07, 6.45) is 2.23. The fourth-order valence-electron chi connectivity index (χ4n) is 2.24. The van der Waals surface area contributed by atoms with Crippen LogP contribution >= 0.6 is 0 Å². The first-order valence-electron chi connectivity index (χ1n) is 6.81. The molecular formula is C13H27N3O2. The van der Waals surface area contributed by atoms with E-state index in [9.17, 15) is 9.90 Å². The number of carbonyl (C=O) groups is 1.